The molecule has 0 fully saturated rings. The molecule has 0 bridgehead atoms. The molecule has 2 aromatic heterocycles. The van der Waals surface area contributed by atoms with Crippen LogP contribution in [-0.4, -0.2) is 16.0 Å². The van der Waals surface area contributed by atoms with Gasteiger partial charge in [0, 0.05) is 5.56 Å². The molecule has 0 spiro atoms. The normalized spacial score (nSPS) is 11.6. The van der Waals surface area contributed by atoms with Gasteiger partial charge in [-0.1, -0.05) is 11.2 Å². The number of aromatic nitrogens is 2. The molecule has 1 amide bonds. The molecule has 3 rings (SSSR count). The van der Waals surface area contributed by atoms with E-state index in [1.165, 1.54) is 6.07 Å². The van der Waals surface area contributed by atoms with Crippen LogP contribution in [0.4, 0.5) is 17.6 Å². The topological polar surface area (TPSA) is 81.2 Å². The van der Waals surface area contributed by atoms with Crippen LogP contribution in [0.2, 0.25) is 0 Å². The van der Waals surface area contributed by atoms with Crippen LogP contribution in [0.15, 0.2) is 39.3 Å². The van der Waals surface area contributed by atoms with Gasteiger partial charge >= 0.3 is 12.1 Å². The molecular formula is C16H11F4N3O3. The maximum absolute atomic E-state index is 14.2. The monoisotopic (exact) mass is 369 g/mol. The van der Waals surface area contributed by atoms with Crippen LogP contribution in [0.3, 0.4) is 0 Å². The van der Waals surface area contributed by atoms with E-state index in [1.54, 1.807) is 19.1 Å². The van der Waals surface area contributed by atoms with Gasteiger partial charge in [-0.25, -0.2) is 4.39 Å². The number of carbonyl (C=O) groups excluding carboxylic acids is 1. The summed E-state index contributed by atoms with van der Waals surface area (Å²) in [6, 6.07) is 6.59. The van der Waals surface area contributed by atoms with Crippen LogP contribution in [-0.2, 0) is 12.7 Å². The summed E-state index contributed by atoms with van der Waals surface area (Å²) < 4.78 is 60.9. The average Bonchev–Trinajstić information content (AvgIpc) is 3.21. The van der Waals surface area contributed by atoms with Crippen LogP contribution in [0, 0.1) is 12.7 Å². The van der Waals surface area contributed by atoms with Gasteiger partial charge in [0.1, 0.15) is 17.3 Å². The number of alkyl halides is 3. The van der Waals surface area contributed by atoms with Gasteiger partial charge in [0.15, 0.2) is 0 Å². The Morgan fingerprint density at radius 3 is 2.58 bits per heavy atom. The summed E-state index contributed by atoms with van der Waals surface area (Å²) in [6.07, 6.45) is -4.80. The van der Waals surface area contributed by atoms with E-state index in [0.29, 0.717) is 11.5 Å². The summed E-state index contributed by atoms with van der Waals surface area (Å²) in [5.74, 6) is -2.44. The Balaban J connectivity index is 1.74. The highest BCUT2D eigenvalue weighted by molar-refractivity contribution is 5.94. The van der Waals surface area contributed by atoms with Crippen molar-refractivity contribution in [1.82, 2.24) is 15.5 Å². The van der Waals surface area contributed by atoms with Crippen LogP contribution < -0.4 is 5.32 Å². The van der Waals surface area contributed by atoms with Crippen molar-refractivity contribution >= 4 is 5.91 Å². The van der Waals surface area contributed by atoms with Gasteiger partial charge in [0.2, 0.25) is 5.82 Å². The third-order valence-corrected chi connectivity index (χ3v) is 3.36. The molecule has 26 heavy (non-hydrogen) atoms. The lowest BCUT2D eigenvalue weighted by atomic mass is 10.1. The number of rotatable bonds is 4. The molecule has 0 atom stereocenters. The second kappa shape index (κ2) is 6.62. The maximum atomic E-state index is 14.2. The summed E-state index contributed by atoms with van der Waals surface area (Å²) in [5, 5.41) is 5.64. The number of amides is 1. The minimum atomic E-state index is -4.80. The summed E-state index contributed by atoms with van der Waals surface area (Å²) in [6.45, 7) is 1.81. The number of hydrogen-bond donors (Lipinski definition) is 1. The predicted octanol–water partition coefficient (Wildman–Crippen LogP) is 3.73. The second-order valence-electron chi connectivity index (χ2n) is 5.31. The average molecular weight is 369 g/mol. The van der Waals surface area contributed by atoms with E-state index < -0.39 is 29.6 Å². The first kappa shape index (κ1) is 17.6. The SMILES string of the molecule is Cc1ccc(CNC(=O)c2ccc(-c3noc(C(F)(F)F)n3)cc2F)o1. The molecule has 1 N–H and O–H groups in total. The Bertz CT molecular complexity index is 946. The summed E-state index contributed by atoms with van der Waals surface area (Å²) in [5.41, 5.74) is -0.337. The smallest absolute Gasteiger partial charge is 0.465 e. The van der Waals surface area contributed by atoms with E-state index in [-0.39, 0.29) is 17.7 Å². The van der Waals surface area contributed by atoms with Gasteiger partial charge in [-0.3, -0.25) is 4.79 Å². The Hall–Kier alpha value is -3.17. The first-order valence-corrected chi connectivity index (χ1v) is 7.28. The van der Waals surface area contributed by atoms with E-state index in [9.17, 15) is 22.4 Å². The first-order chi connectivity index (χ1) is 12.2. The molecule has 3 aromatic rings. The zero-order chi connectivity index (χ0) is 18.9. The van der Waals surface area contributed by atoms with Gasteiger partial charge in [-0.15, -0.1) is 0 Å². The molecular weight excluding hydrogens is 358 g/mol. The minimum absolute atomic E-state index is 0.0556. The highest BCUT2D eigenvalue weighted by Gasteiger charge is 2.38. The van der Waals surface area contributed by atoms with E-state index in [4.69, 9.17) is 4.42 Å². The van der Waals surface area contributed by atoms with Gasteiger partial charge < -0.3 is 14.3 Å². The minimum Gasteiger partial charge on any atom is -0.465 e. The lowest BCUT2D eigenvalue weighted by molar-refractivity contribution is -0.159. The fourth-order valence-electron chi connectivity index (χ4n) is 2.14. The largest absolute Gasteiger partial charge is 0.471 e. The lowest BCUT2D eigenvalue weighted by Gasteiger charge is -2.05. The number of nitrogens with one attached hydrogen (secondary N) is 1. The number of nitrogens with zero attached hydrogens (tertiary/aromatic N) is 2. The highest BCUT2D eigenvalue weighted by Crippen LogP contribution is 2.29. The number of benzene rings is 1. The molecule has 136 valence electrons. The molecule has 2 heterocycles. The molecule has 0 aliphatic heterocycles. The van der Waals surface area contributed by atoms with E-state index >= 15 is 0 Å². The molecule has 0 saturated carbocycles. The number of furan rings is 1. The number of aryl methyl sites for hydroxylation is 1. The molecule has 0 aliphatic rings. The fraction of sp³-hybridized carbons (Fsp3) is 0.188. The molecule has 0 saturated heterocycles. The standard InChI is InChI=1S/C16H11F4N3O3/c1-8-2-4-10(25-8)7-21-14(24)11-5-3-9(6-12(11)17)13-22-15(26-23-13)16(18,19)20/h2-6H,7H2,1H3,(H,21,24). The van der Waals surface area contributed by atoms with E-state index in [0.717, 1.165) is 12.1 Å². The third kappa shape index (κ3) is 3.73. The molecule has 1 aromatic carbocycles. The molecule has 0 radical (unpaired) electrons. The fourth-order valence-corrected chi connectivity index (χ4v) is 2.14. The van der Waals surface area contributed by atoms with Gasteiger partial charge in [0.25, 0.3) is 5.91 Å². The van der Waals surface area contributed by atoms with Crippen LogP contribution in [0.25, 0.3) is 11.4 Å². The zero-order valence-corrected chi connectivity index (χ0v) is 13.2. The van der Waals surface area contributed by atoms with Crippen LogP contribution in [0.5, 0.6) is 0 Å². The van der Waals surface area contributed by atoms with E-state index in [1.807, 2.05) is 0 Å². The first-order valence-electron chi connectivity index (χ1n) is 7.28. The maximum Gasteiger partial charge on any atom is 0.471 e. The molecule has 0 unspecified atom stereocenters. The summed E-state index contributed by atoms with van der Waals surface area (Å²) in [4.78, 5) is 15.2. The lowest BCUT2D eigenvalue weighted by Crippen LogP contribution is -2.23. The zero-order valence-electron chi connectivity index (χ0n) is 13.2. The van der Waals surface area contributed by atoms with Crippen molar-refractivity contribution in [2.45, 2.75) is 19.6 Å². The number of carbonyl (C=O) groups is 1. The number of halogens is 4. The quantitative estimate of drug-likeness (QED) is 0.709. The van der Waals surface area contributed by atoms with Crippen molar-refractivity contribution < 1.29 is 31.3 Å². The second-order valence-corrected chi connectivity index (χ2v) is 5.31. The van der Waals surface area contributed by atoms with Crippen molar-refractivity contribution in [3.63, 3.8) is 0 Å². The van der Waals surface area contributed by atoms with E-state index in [2.05, 4.69) is 20.0 Å². The predicted molar refractivity (Wildman–Crippen MR) is 79.3 cm³/mol. The van der Waals surface area contributed by atoms with Crippen LogP contribution >= 0.6 is 0 Å². The van der Waals surface area contributed by atoms with Crippen molar-refractivity contribution in [3.8, 4) is 11.4 Å². The Labute approximate surface area is 143 Å². The van der Waals surface area contributed by atoms with Crippen molar-refractivity contribution in [2.75, 3.05) is 0 Å². The Morgan fingerprint density at radius 1 is 1.23 bits per heavy atom. The molecule has 10 heteroatoms. The molecule has 0 aliphatic carbocycles. The Kier molecular flexibility index (Phi) is 4.49. The summed E-state index contributed by atoms with van der Waals surface area (Å²) >= 11 is 0. The molecule has 6 nitrogen and oxygen atoms in total. The van der Waals surface area contributed by atoms with Crippen molar-refractivity contribution in [1.29, 1.82) is 0 Å². The van der Waals surface area contributed by atoms with Crippen molar-refractivity contribution in [3.05, 3.63) is 59.1 Å². The van der Waals surface area contributed by atoms with Gasteiger partial charge in [-0.05, 0) is 31.2 Å². The van der Waals surface area contributed by atoms with Gasteiger partial charge in [0.05, 0.1) is 12.1 Å². The third-order valence-electron chi connectivity index (χ3n) is 3.36. The highest BCUT2D eigenvalue weighted by atomic mass is 19.4. The van der Waals surface area contributed by atoms with Gasteiger partial charge in [-0.2, -0.15) is 18.2 Å². The van der Waals surface area contributed by atoms with Crippen LogP contribution in [0.1, 0.15) is 27.8 Å². The number of hydrogen-bond acceptors (Lipinski definition) is 5. The summed E-state index contributed by atoms with van der Waals surface area (Å²) in [7, 11) is 0. The Morgan fingerprint density at radius 2 is 2.00 bits per heavy atom. The van der Waals surface area contributed by atoms with Crippen molar-refractivity contribution in [2.24, 2.45) is 0 Å².